The number of nitrogens with zero attached hydrogens (tertiary/aromatic N) is 1. The fourth-order valence-corrected chi connectivity index (χ4v) is 2.51. The summed E-state index contributed by atoms with van der Waals surface area (Å²) in [6.45, 7) is 6.88. The fourth-order valence-electron chi connectivity index (χ4n) is 2.51. The highest BCUT2D eigenvalue weighted by Crippen LogP contribution is 2.31. The second-order valence-corrected chi connectivity index (χ2v) is 5.62. The molecular formula is C15H22FNO3. The summed E-state index contributed by atoms with van der Waals surface area (Å²) in [4.78, 5) is 2.19. The van der Waals surface area contributed by atoms with Crippen LogP contribution in [0.3, 0.4) is 0 Å². The van der Waals surface area contributed by atoms with Crippen molar-refractivity contribution in [2.75, 3.05) is 33.9 Å². The van der Waals surface area contributed by atoms with E-state index in [9.17, 15) is 4.39 Å². The third-order valence-corrected chi connectivity index (χ3v) is 3.45. The molecule has 0 unspecified atom stereocenters. The van der Waals surface area contributed by atoms with Gasteiger partial charge in [0.2, 0.25) is 0 Å². The first kappa shape index (κ1) is 15.1. The molecule has 4 nitrogen and oxygen atoms in total. The lowest BCUT2D eigenvalue weighted by molar-refractivity contribution is -0.0884. The lowest BCUT2D eigenvalue weighted by Gasteiger charge is -2.38. The fraction of sp³-hybridized carbons (Fsp3) is 0.600. The van der Waals surface area contributed by atoms with Crippen molar-refractivity contribution in [3.8, 4) is 11.5 Å². The summed E-state index contributed by atoms with van der Waals surface area (Å²) < 4.78 is 30.1. The standard InChI is InChI=1S/C15H22FNO3/c1-15(2)10-17(5-6-20-15)9-11-7-13(18-3)14(19-4)8-12(11)16/h7-8H,5-6,9-10H2,1-4H3. The number of benzene rings is 1. The molecule has 1 fully saturated rings. The number of methoxy groups -OCH3 is 2. The van der Waals surface area contributed by atoms with Crippen molar-refractivity contribution < 1.29 is 18.6 Å². The molecule has 0 aliphatic carbocycles. The Morgan fingerprint density at radius 2 is 1.90 bits per heavy atom. The van der Waals surface area contributed by atoms with Crippen LogP contribution in [0.15, 0.2) is 12.1 Å². The van der Waals surface area contributed by atoms with E-state index in [-0.39, 0.29) is 11.4 Å². The van der Waals surface area contributed by atoms with Crippen LogP contribution in [-0.2, 0) is 11.3 Å². The predicted molar refractivity (Wildman–Crippen MR) is 74.8 cm³/mol. The average Bonchev–Trinajstić information content (AvgIpc) is 2.39. The van der Waals surface area contributed by atoms with Gasteiger partial charge in [0.25, 0.3) is 0 Å². The van der Waals surface area contributed by atoms with Gasteiger partial charge in [0.15, 0.2) is 11.5 Å². The lowest BCUT2D eigenvalue weighted by Crippen LogP contribution is -2.47. The molecule has 20 heavy (non-hydrogen) atoms. The van der Waals surface area contributed by atoms with E-state index in [0.717, 1.165) is 13.1 Å². The van der Waals surface area contributed by atoms with Gasteiger partial charge in [-0.3, -0.25) is 4.90 Å². The number of hydrogen-bond acceptors (Lipinski definition) is 4. The number of ether oxygens (including phenoxy) is 3. The molecule has 1 aliphatic rings. The molecule has 0 N–H and O–H groups in total. The maximum atomic E-state index is 14.1. The van der Waals surface area contributed by atoms with Gasteiger partial charge >= 0.3 is 0 Å². The lowest BCUT2D eigenvalue weighted by atomic mass is 10.1. The number of halogens is 1. The van der Waals surface area contributed by atoms with Crippen LogP contribution >= 0.6 is 0 Å². The largest absolute Gasteiger partial charge is 0.493 e. The zero-order valence-corrected chi connectivity index (χ0v) is 12.5. The summed E-state index contributed by atoms with van der Waals surface area (Å²) in [5.41, 5.74) is 0.422. The highest BCUT2D eigenvalue weighted by molar-refractivity contribution is 5.43. The van der Waals surface area contributed by atoms with Crippen molar-refractivity contribution in [1.29, 1.82) is 0 Å². The van der Waals surface area contributed by atoms with Crippen molar-refractivity contribution in [2.45, 2.75) is 26.0 Å². The Labute approximate surface area is 119 Å². The summed E-state index contributed by atoms with van der Waals surface area (Å²) in [7, 11) is 3.05. The number of hydrogen-bond donors (Lipinski definition) is 0. The molecule has 2 rings (SSSR count). The quantitative estimate of drug-likeness (QED) is 0.849. The highest BCUT2D eigenvalue weighted by Gasteiger charge is 2.27. The average molecular weight is 283 g/mol. The van der Waals surface area contributed by atoms with E-state index in [0.29, 0.717) is 30.2 Å². The smallest absolute Gasteiger partial charge is 0.163 e. The molecule has 0 saturated carbocycles. The van der Waals surface area contributed by atoms with E-state index in [2.05, 4.69) is 4.90 Å². The summed E-state index contributed by atoms with van der Waals surface area (Å²) in [6, 6.07) is 3.08. The zero-order valence-electron chi connectivity index (χ0n) is 12.5. The van der Waals surface area contributed by atoms with Crippen molar-refractivity contribution >= 4 is 0 Å². The minimum Gasteiger partial charge on any atom is -0.493 e. The van der Waals surface area contributed by atoms with Gasteiger partial charge in [-0.1, -0.05) is 0 Å². The minimum absolute atomic E-state index is 0.189. The van der Waals surface area contributed by atoms with Crippen molar-refractivity contribution in [3.63, 3.8) is 0 Å². The van der Waals surface area contributed by atoms with E-state index in [1.807, 2.05) is 13.8 Å². The van der Waals surface area contributed by atoms with Gasteiger partial charge in [0.1, 0.15) is 5.82 Å². The van der Waals surface area contributed by atoms with Crippen LogP contribution in [-0.4, -0.2) is 44.4 Å². The van der Waals surface area contributed by atoms with Gasteiger partial charge in [-0.05, 0) is 19.9 Å². The van der Waals surface area contributed by atoms with E-state index in [1.54, 1.807) is 13.2 Å². The van der Waals surface area contributed by atoms with Crippen molar-refractivity contribution in [1.82, 2.24) is 4.90 Å². The second kappa shape index (κ2) is 5.97. The van der Waals surface area contributed by atoms with Crippen LogP contribution in [0.25, 0.3) is 0 Å². The van der Waals surface area contributed by atoms with Crippen LogP contribution < -0.4 is 9.47 Å². The molecular weight excluding hydrogens is 261 g/mol. The Bertz CT molecular complexity index is 476. The van der Waals surface area contributed by atoms with Crippen LogP contribution in [0.1, 0.15) is 19.4 Å². The first-order chi connectivity index (χ1) is 9.45. The van der Waals surface area contributed by atoms with Gasteiger partial charge in [0, 0.05) is 31.3 Å². The van der Waals surface area contributed by atoms with Crippen LogP contribution in [0.5, 0.6) is 11.5 Å². The van der Waals surface area contributed by atoms with Gasteiger partial charge in [-0.2, -0.15) is 0 Å². The third kappa shape index (κ3) is 3.41. The summed E-state index contributed by atoms with van der Waals surface area (Å²) in [6.07, 6.45) is 0. The number of rotatable bonds is 4. The van der Waals surface area contributed by atoms with Crippen LogP contribution in [0.4, 0.5) is 4.39 Å². The molecule has 112 valence electrons. The van der Waals surface area contributed by atoms with Crippen LogP contribution in [0.2, 0.25) is 0 Å². The van der Waals surface area contributed by atoms with Crippen LogP contribution in [0, 0.1) is 5.82 Å². The highest BCUT2D eigenvalue weighted by atomic mass is 19.1. The second-order valence-electron chi connectivity index (χ2n) is 5.62. The third-order valence-electron chi connectivity index (χ3n) is 3.45. The monoisotopic (exact) mass is 283 g/mol. The molecule has 1 heterocycles. The maximum absolute atomic E-state index is 14.1. The topological polar surface area (TPSA) is 30.9 Å². The summed E-state index contributed by atoms with van der Waals surface area (Å²) in [5, 5.41) is 0. The molecule has 1 aromatic rings. The summed E-state index contributed by atoms with van der Waals surface area (Å²) >= 11 is 0. The van der Waals surface area contributed by atoms with E-state index in [4.69, 9.17) is 14.2 Å². The first-order valence-electron chi connectivity index (χ1n) is 6.72. The molecule has 5 heteroatoms. The Balaban J connectivity index is 2.16. The van der Waals surface area contributed by atoms with Crippen molar-refractivity contribution in [2.24, 2.45) is 0 Å². The number of morpholine rings is 1. The van der Waals surface area contributed by atoms with E-state index in [1.165, 1.54) is 13.2 Å². The maximum Gasteiger partial charge on any atom is 0.163 e. The SMILES string of the molecule is COc1cc(F)c(CN2CCOC(C)(C)C2)cc1OC. The van der Waals surface area contributed by atoms with Gasteiger partial charge < -0.3 is 14.2 Å². The molecule has 1 aromatic carbocycles. The normalized spacial score (nSPS) is 18.9. The van der Waals surface area contributed by atoms with E-state index >= 15 is 0 Å². The van der Waals surface area contributed by atoms with Gasteiger partial charge in [-0.15, -0.1) is 0 Å². The Morgan fingerprint density at radius 3 is 2.50 bits per heavy atom. The molecule has 0 spiro atoms. The molecule has 0 amide bonds. The minimum atomic E-state index is -0.271. The molecule has 0 radical (unpaired) electrons. The molecule has 0 bridgehead atoms. The predicted octanol–water partition coefficient (Wildman–Crippen LogP) is 2.45. The van der Waals surface area contributed by atoms with Gasteiger partial charge in [-0.25, -0.2) is 4.39 Å². The zero-order chi connectivity index (χ0) is 14.8. The van der Waals surface area contributed by atoms with E-state index < -0.39 is 0 Å². The van der Waals surface area contributed by atoms with Gasteiger partial charge in [0.05, 0.1) is 26.4 Å². The van der Waals surface area contributed by atoms with Crippen molar-refractivity contribution in [3.05, 3.63) is 23.5 Å². The Kier molecular flexibility index (Phi) is 4.50. The molecule has 1 aliphatic heterocycles. The Morgan fingerprint density at radius 1 is 1.25 bits per heavy atom. The Hall–Kier alpha value is -1.33. The summed E-state index contributed by atoms with van der Waals surface area (Å²) in [5.74, 6) is 0.694. The molecule has 0 aromatic heterocycles. The first-order valence-corrected chi connectivity index (χ1v) is 6.72. The molecule has 1 saturated heterocycles. The molecule has 0 atom stereocenters.